The monoisotopic (exact) mass is 400 g/mol. The van der Waals surface area contributed by atoms with E-state index in [0.29, 0.717) is 23.8 Å². The average molecular weight is 400 g/mol. The molecule has 8 nitrogen and oxygen atoms in total. The van der Waals surface area contributed by atoms with Crippen LogP contribution in [0.3, 0.4) is 0 Å². The number of esters is 1. The zero-order valence-electron chi connectivity index (χ0n) is 16.2. The molecule has 3 aromatic rings. The summed E-state index contributed by atoms with van der Waals surface area (Å²) in [5, 5.41) is 4.16. The Morgan fingerprint density at radius 3 is 2.86 bits per heavy atom. The number of aromatic nitrogens is 3. The van der Waals surface area contributed by atoms with Gasteiger partial charge in [-0.3, -0.25) is 0 Å². The lowest BCUT2D eigenvalue weighted by molar-refractivity contribution is 0.0528. The second-order valence-corrected chi connectivity index (χ2v) is 6.61. The molecule has 1 aliphatic rings. The van der Waals surface area contributed by atoms with Crippen LogP contribution in [0.15, 0.2) is 36.7 Å². The molecule has 1 atom stereocenters. The zero-order valence-corrected chi connectivity index (χ0v) is 16.2. The Morgan fingerprint density at radius 1 is 1.34 bits per heavy atom. The van der Waals surface area contributed by atoms with E-state index in [0.717, 1.165) is 11.3 Å². The van der Waals surface area contributed by atoms with Gasteiger partial charge in [-0.25, -0.2) is 18.7 Å². The van der Waals surface area contributed by atoms with E-state index in [1.54, 1.807) is 25.1 Å². The van der Waals surface area contributed by atoms with Crippen molar-refractivity contribution < 1.29 is 23.4 Å². The van der Waals surface area contributed by atoms with Gasteiger partial charge in [-0.2, -0.15) is 5.10 Å². The fourth-order valence-corrected chi connectivity index (χ4v) is 3.22. The van der Waals surface area contributed by atoms with Crippen LogP contribution in [0.2, 0.25) is 0 Å². The van der Waals surface area contributed by atoms with Gasteiger partial charge in [0.05, 0.1) is 32.7 Å². The van der Waals surface area contributed by atoms with Crippen molar-refractivity contribution in [3.63, 3.8) is 0 Å². The number of benzene rings is 1. The lowest BCUT2D eigenvalue weighted by Gasteiger charge is -2.23. The van der Waals surface area contributed by atoms with Crippen molar-refractivity contribution in [2.24, 2.45) is 0 Å². The second-order valence-electron chi connectivity index (χ2n) is 6.61. The molecule has 29 heavy (non-hydrogen) atoms. The van der Waals surface area contributed by atoms with Gasteiger partial charge in [0, 0.05) is 6.54 Å². The lowest BCUT2D eigenvalue weighted by Crippen LogP contribution is -2.31. The van der Waals surface area contributed by atoms with Crippen LogP contribution < -0.4 is 14.4 Å². The number of carbonyl (C=O) groups is 1. The highest BCUT2D eigenvalue weighted by atomic mass is 19.1. The predicted octanol–water partition coefficient (Wildman–Crippen LogP) is 2.65. The Morgan fingerprint density at radius 2 is 2.14 bits per heavy atom. The van der Waals surface area contributed by atoms with Crippen molar-refractivity contribution in [1.82, 2.24) is 14.6 Å². The molecule has 1 aromatic carbocycles. The van der Waals surface area contributed by atoms with Crippen molar-refractivity contribution in [3.8, 4) is 11.5 Å². The van der Waals surface area contributed by atoms with Crippen LogP contribution in [-0.2, 0) is 11.3 Å². The van der Waals surface area contributed by atoms with Crippen LogP contribution in [0, 0.1) is 0 Å². The molecule has 0 bridgehead atoms. The Balaban J connectivity index is 1.73. The number of hydrogen-bond acceptors (Lipinski definition) is 7. The highest BCUT2D eigenvalue weighted by molar-refractivity contribution is 5.95. The molecule has 0 spiro atoms. The number of nitrogens with zero attached hydrogens (tertiary/aromatic N) is 4. The summed E-state index contributed by atoms with van der Waals surface area (Å²) in [5.74, 6) is 1.11. The number of ether oxygens (including phenoxy) is 3. The molecule has 1 aliphatic heterocycles. The molecule has 0 fully saturated rings. The van der Waals surface area contributed by atoms with Gasteiger partial charge in [0.15, 0.2) is 23.4 Å². The Hall–Kier alpha value is -3.36. The normalized spacial score (nSPS) is 16.1. The van der Waals surface area contributed by atoms with E-state index in [1.807, 2.05) is 24.3 Å². The quantitative estimate of drug-likeness (QED) is 0.609. The molecule has 0 radical (unpaired) electrons. The van der Waals surface area contributed by atoms with Gasteiger partial charge in [0.1, 0.15) is 17.9 Å². The summed E-state index contributed by atoms with van der Waals surface area (Å²) in [7, 11) is 1.60. The van der Waals surface area contributed by atoms with E-state index in [-0.39, 0.29) is 25.3 Å². The third kappa shape index (κ3) is 3.80. The van der Waals surface area contributed by atoms with Crippen molar-refractivity contribution in [1.29, 1.82) is 0 Å². The van der Waals surface area contributed by atoms with Gasteiger partial charge in [-0.05, 0) is 24.6 Å². The molecule has 0 N–H and O–H groups in total. The number of methoxy groups -OCH3 is 1. The molecule has 9 heteroatoms. The summed E-state index contributed by atoms with van der Waals surface area (Å²) in [6, 6.07) is 7.53. The number of anilines is 1. The highest BCUT2D eigenvalue weighted by Crippen LogP contribution is 2.32. The predicted molar refractivity (Wildman–Crippen MR) is 103 cm³/mol. The first kappa shape index (κ1) is 19.0. The summed E-state index contributed by atoms with van der Waals surface area (Å²) in [5.41, 5.74) is 1.55. The summed E-state index contributed by atoms with van der Waals surface area (Å²) >= 11 is 0. The van der Waals surface area contributed by atoms with E-state index in [2.05, 4.69) is 10.1 Å². The minimum Gasteiger partial charge on any atom is -0.497 e. The Bertz CT molecular complexity index is 1020. The Labute approximate surface area is 166 Å². The maximum absolute atomic E-state index is 14.4. The van der Waals surface area contributed by atoms with E-state index >= 15 is 0 Å². The molecule has 152 valence electrons. The largest absolute Gasteiger partial charge is 0.497 e. The third-order valence-electron chi connectivity index (χ3n) is 4.61. The molecule has 0 unspecified atom stereocenters. The number of hydrogen-bond donors (Lipinski definition) is 0. The molecular formula is C20H21FN4O4. The van der Waals surface area contributed by atoms with E-state index in [1.165, 1.54) is 10.7 Å². The smallest absolute Gasteiger partial charge is 0.343 e. The molecule has 0 saturated heterocycles. The molecule has 3 heterocycles. The number of alkyl halides is 1. The zero-order chi connectivity index (χ0) is 20.4. The van der Waals surface area contributed by atoms with Crippen LogP contribution in [0.1, 0.15) is 22.8 Å². The second kappa shape index (κ2) is 7.94. The first-order chi connectivity index (χ1) is 14.1. The lowest BCUT2D eigenvalue weighted by atomic mass is 10.2. The van der Waals surface area contributed by atoms with E-state index in [9.17, 15) is 9.18 Å². The highest BCUT2D eigenvalue weighted by Gasteiger charge is 2.27. The first-order valence-corrected chi connectivity index (χ1v) is 9.29. The average Bonchev–Trinajstić information content (AvgIpc) is 3.08. The van der Waals surface area contributed by atoms with E-state index in [4.69, 9.17) is 14.2 Å². The topological polar surface area (TPSA) is 78.2 Å². The molecule has 0 aliphatic carbocycles. The van der Waals surface area contributed by atoms with Crippen LogP contribution in [0.25, 0.3) is 5.65 Å². The maximum atomic E-state index is 14.4. The van der Waals surface area contributed by atoms with Gasteiger partial charge in [-0.1, -0.05) is 12.1 Å². The van der Waals surface area contributed by atoms with Crippen LogP contribution in [0.4, 0.5) is 10.2 Å². The summed E-state index contributed by atoms with van der Waals surface area (Å²) in [4.78, 5) is 18.6. The maximum Gasteiger partial charge on any atom is 0.343 e. The summed E-state index contributed by atoms with van der Waals surface area (Å²) in [6.07, 6.45) is 1.84. The number of rotatable bonds is 5. The van der Waals surface area contributed by atoms with Crippen molar-refractivity contribution in [2.75, 3.05) is 31.8 Å². The van der Waals surface area contributed by atoms with Crippen LogP contribution in [0.5, 0.6) is 11.5 Å². The molecule has 4 rings (SSSR count). The van der Waals surface area contributed by atoms with E-state index < -0.39 is 12.1 Å². The Kier molecular flexibility index (Phi) is 5.20. The number of halogens is 1. The standard InChI is InChI=1S/C20H21FN4O4/c1-3-28-20(26)16-8-22-25-11-17-19(23-18(16)25)24(10-14(21)12-29-17)9-13-4-6-15(27-2)7-5-13/h4-8,11,14H,3,9-10,12H2,1-2H3/t14-/m1/s1. The summed E-state index contributed by atoms with van der Waals surface area (Å²) < 4.78 is 31.7. The number of carbonyl (C=O) groups excluding carboxylic acids is 1. The van der Waals surface area contributed by atoms with Crippen molar-refractivity contribution in [3.05, 3.63) is 47.8 Å². The van der Waals surface area contributed by atoms with Crippen molar-refractivity contribution in [2.45, 2.75) is 19.6 Å². The molecule has 0 saturated carbocycles. The van der Waals surface area contributed by atoms with Gasteiger partial charge in [0.2, 0.25) is 0 Å². The van der Waals surface area contributed by atoms with Crippen LogP contribution in [-0.4, -0.2) is 53.6 Å². The summed E-state index contributed by atoms with van der Waals surface area (Å²) in [6.45, 7) is 2.44. The van der Waals surface area contributed by atoms with Gasteiger partial charge in [0.25, 0.3) is 0 Å². The SMILES string of the molecule is CCOC(=O)c1cnn2cc3c(nc12)N(Cc1ccc(OC)cc1)C[C@@H](F)CO3. The van der Waals surface area contributed by atoms with Crippen LogP contribution >= 0.6 is 0 Å². The minimum atomic E-state index is -1.18. The van der Waals surface area contributed by atoms with Gasteiger partial charge < -0.3 is 19.1 Å². The minimum absolute atomic E-state index is 0.0781. The fraction of sp³-hybridized carbons (Fsp3) is 0.350. The van der Waals surface area contributed by atoms with Gasteiger partial charge in [-0.15, -0.1) is 0 Å². The molecule has 2 aromatic heterocycles. The third-order valence-corrected chi connectivity index (χ3v) is 4.61. The fourth-order valence-electron chi connectivity index (χ4n) is 3.22. The number of fused-ring (bicyclic) bond motifs is 2. The van der Waals surface area contributed by atoms with Gasteiger partial charge >= 0.3 is 5.97 Å². The molecular weight excluding hydrogens is 379 g/mol. The first-order valence-electron chi connectivity index (χ1n) is 9.29. The molecule has 0 amide bonds. The van der Waals surface area contributed by atoms with Crippen molar-refractivity contribution >= 4 is 17.4 Å².